The highest BCUT2D eigenvalue weighted by atomic mass is 31.2. The predicted octanol–water partition coefficient (Wildman–Crippen LogP) is 5.12. The molecule has 6 heteroatoms. The maximum absolute atomic E-state index is 13.1. The Labute approximate surface area is 157 Å². The summed E-state index contributed by atoms with van der Waals surface area (Å²) in [6.45, 7) is 12.0. The molecule has 0 heterocycles. The molecule has 0 aromatic heterocycles. The van der Waals surface area contributed by atoms with Gasteiger partial charge in [0.1, 0.15) is 12.4 Å². The van der Waals surface area contributed by atoms with E-state index < -0.39 is 13.4 Å². The molecule has 146 valence electrons. The van der Waals surface area contributed by atoms with Crippen molar-refractivity contribution in [2.75, 3.05) is 20.8 Å². The summed E-state index contributed by atoms with van der Waals surface area (Å²) in [5.74, 6) is 1.63. The Balaban J connectivity index is 3.76. The number of aromatic hydroxyl groups is 1. The van der Waals surface area contributed by atoms with Crippen molar-refractivity contribution in [1.82, 2.24) is 0 Å². The molecule has 0 fully saturated rings. The molecule has 1 unspecified atom stereocenters. The zero-order valence-corrected chi connectivity index (χ0v) is 17.9. The van der Waals surface area contributed by atoms with Crippen molar-refractivity contribution in [2.45, 2.75) is 58.2 Å². The summed E-state index contributed by atoms with van der Waals surface area (Å²) in [5.41, 5.74) is 1.39. The summed E-state index contributed by atoms with van der Waals surface area (Å²) < 4.78 is 29.1. The summed E-state index contributed by atoms with van der Waals surface area (Å²) in [6, 6.07) is 3.58. The Hall–Kier alpha value is -1.31. The quantitative estimate of drug-likeness (QED) is 0.546. The van der Waals surface area contributed by atoms with E-state index in [2.05, 4.69) is 5.92 Å². The first-order chi connectivity index (χ1) is 11.8. The highest BCUT2D eigenvalue weighted by molar-refractivity contribution is 7.54. The molecule has 0 spiro atoms. The molecule has 0 saturated heterocycles. The monoisotopic (exact) mass is 382 g/mol. The van der Waals surface area contributed by atoms with Gasteiger partial charge in [-0.1, -0.05) is 47.5 Å². The van der Waals surface area contributed by atoms with Crippen LogP contribution in [0.4, 0.5) is 0 Å². The maximum Gasteiger partial charge on any atom is 0.363 e. The topological polar surface area (TPSA) is 65.0 Å². The molecule has 0 aliphatic carbocycles. The van der Waals surface area contributed by atoms with Gasteiger partial charge in [-0.05, 0) is 39.7 Å². The normalized spacial score (nSPS) is 14.1. The van der Waals surface area contributed by atoms with Crippen molar-refractivity contribution in [2.24, 2.45) is 0 Å². The molecular weight excluding hydrogens is 351 g/mol. The van der Waals surface area contributed by atoms with Crippen LogP contribution in [0.2, 0.25) is 0 Å². The number of phenolic OH excluding ortho intramolecular Hbond substituents is 1. The second-order valence-corrected chi connectivity index (χ2v) is 10.5. The molecule has 0 aliphatic rings. The third-order valence-electron chi connectivity index (χ3n) is 4.15. The minimum Gasteiger partial charge on any atom is -0.507 e. The van der Waals surface area contributed by atoms with Crippen LogP contribution in [0.3, 0.4) is 0 Å². The van der Waals surface area contributed by atoms with Crippen LogP contribution in [0, 0.1) is 12.3 Å². The number of ether oxygens (including phenoxy) is 1. The Kier molecular flexibility index (Phi) is 7.12. The molecule has 1 aromatic rings. The Bertz CT molecular complexity index is 676. The van der Waals surface area contributed by atoms with Gasteiger partial charge in [-0.15, -0.1) is 6.42 Å². The van der Waals surface area contributed by atoms with E-state index in [9.17, 15) is 9.67 Å². The van der Waals surface area contributed by atoms with Crippen LogP contribution in [0.5, 0.6) is 5.75 Å². The Morgan fingerprint density at radius 2 is 1.50 bits per heavy atom. The SMILES string of the molecule is C#CCOC(c1cc(C(C)(C)C)c(O)c(C(C)(C)C)c1)P(=O)(OC)OC. The number of hydrogen-bond acceptors (Lipinski definition) is 5. The van der Waals surface area contributed by atoms with E-state index in [1.807, 2.05) is 41.5 Å². The van der Waals surface area contributed by atoms with Gasteiger partial charge in [0, 0.05) is 14.2 Å². The van der Waals surface area contributed by atoms with Crippen LogP contribution in [-0.2, 0) is 29.2 Å². The van der Waals surface area contributed by atoms with E-state index in [1.54, 1.807) is 12.1 Å². The van der Waals surface area contributed by atoms with Crippen LogP contribution in [0.15, 0.2) is 12.1 Å². The third-order valence-corrected chi connectivity index (χ3v) is 6.19. The van der Waals surface area contributed by atoms with Gasteiger partial charge in [0.25, 0.3) is 0 Å². The van der Waals surface area contributed by atoms with Crippen LogP contribution in [0.1, 0.15) is 64.1 Å². The number of terminal acetylenes is 1. The lowest BCUT2D eigenvalue weighted by atomic mass is 9.78. The summed E-state index contributed by atoms with van der Waals surface area (Å²) in [5, 5.41) is 10.9. The number of phenols is 1. The minimum absolute atomic E-state index is 0.0437. The molecule has 1 atom stereocenters. The Morgan fingerprint density at radius 1 is 1.08 bits per heavy atom. The fourth-order valence-corrected chi connectivity index (χ4v) is 4.01. The van der Waals surface area contributed by atoms with Gasteiger partial charge < -0.3 is 18.9 Å². The zero-order chi connectivity index (χ0) is 20.3. The first-order valence-corrected chi connectivity index (χ1v) is 10.1. The lowest BCUT2D eigenvalue weighted by Crippen LogP contribution is -2.19. The highest BCUT2D eigenvalue weighted by Crippen LogP contribution is 2.61. The average Bonchev–Trinajstić information content (AvgIpc) is 2.53. The van der Waals surface area contributed by atoms with E-state index in [0.717, 1.165) is 11.1 Å². The van der Waals surface area contributed by atoms with Crippen molar-refractivity contribution in [1.29, 1.82) is 0 Å². The zero-order valence-electron chi connectivity index (χ0n) is 17.0. The van der Waals surface area contributed by atoms with Crippen molar-refractivity contribution in [3.63, 3.8) is 0 Å². The summed E-state index contributed by atoms with van der Waals surface area (Å²) >= 11 is 0. The Morgan fingerprint density at radius 3 is 1.81 bits per heavy atom. The van der Waals surface area contributed by atoms with Crippen molar-refractivity contribution in [3.8, 4) is 18.1 Å². The summed E-state index contributed by atoms with van der Waals surface area (Å²) in [4.78, 5) is 0. The molecule has 1 rings (SSSR count). The molecule has 0 radical (unpaired) electrons. The van der Waals surface area contributed by atoms with Crippen LogP contribution in [0.25, 0.3) is 0 Å². The van der Waals surface area contributed by atoms with Gasteiger partial charge in [-0.3, -0.25) is 4.57 Å². The molecule has 0 aliphatic heterocycles. The van der Waals surface area contributed by atoms with Crippen molar-refractivity contribution >= 4 is 7.60 Å². The molecule has 26 heavy (non-hydrogen) atoms. The largest absolute Gasteiger partial charge is 0.507 e. The average molecular weight is 382 g/mol. The van der Waals surface area contributed by atoms with Gasteiger partial charge >= 0.3 is 7.60 Å². The molecular formula is C20H31O5P. The number of rotatable bonds is 6. The van der Waals surface area contributed by atoms with E-state index >= 15 is 0 Å². The molecule has 1 N–H and O–H groups in total. The molecule has 1 aromatic carbocycles. The maximum atomic E-state index is 13.1. The van der Waals surface area contributed by atoms with Crippen molar-refractivity contribution < 1.29 is 23.5 Å². The smallest absolute Gasteiger partial charge is 0.363 e. The molecule has 0 saturated carbocycles. The first-order valence-electron chi connectivity index (χ1n) is 8.46. The van der Waals surface area contributed by atoms with Gasteiger partial charge in [0.15, 0.2) is 5.85 Å². The van der Waals surface area contributed by atoms with Gasteiger partial charge in [0.05, 0.1) is 0 Å². The van der Waals surface area contributed by atoms with E-state index in [-0.39, 0.29) is 23.2 Å². The van der Waals surface area contributed by atoms with Crippen molar-refractivity contribution in [3.05, 3.63) is 28.8 Å². The minimum atomic E-state index is -3.60. The lowest BCUT2D eigenvalue weighted by molar-refractivity contribution is 0.101. The van der Waals surface area contributed by atoms with Gasteiger partial charge in [0.2, 0.25) is 0 Å². The molecule has 5 nitrogen and oxygen atoms in total. The van der Waals surface area contributed by atoms with E-state index in [1.165, 1.54) is 14.2 Å². The highest BCUT2D eigenvalue weighted by Gasteiger charge is 2.38. The second-order valence-electron chi connectivity index (χ2n) is 8.24. The summed E-state index contributed by atoms with van der Waals surface area (Å²) in [7, 11) is -0.978. The number of hydrogen-bond donors (Lipinski definition) is 1. The molecule has 0 amide bonds. The second kappa shape index (κ2) is 8.15. The van der Waals surface area contributed by atoms with Gasteiger partial charge in [-0.25, -0.2) is 0 Å². The lowest BCUT2D eigenvalue weighted by Gasteiger charge is -2.31. The number of benzene rings is 1. The predicted molar refractivity (Wildman–Crippen MR) is 105 cm³/mol. The van der Waals surface area contributed by atoms with E-state index in [4.69, 9.17) is 20.2 Å². The third kappa shape index (κ3) is 4.90. The van der Waals surface area contributed by atoms with Crippen LogP contribution in [-0.4, -0.2) is 25.9 Å². The first kappa shape index (κ1) is 22.7. The van der Waals surface area contributed by atoms with E-state index in [0.29, 0.717) is 5.56 Å². The van der Waals surface area contributed by atoms with Crippen LogP contribution < -0.4 is 0 Å². The summed E-state index contributed by atoms with van der Waals surface area (Å²) in [6.07, 6.45) is 5.32. The van der Waals surface area contributed by atoms with Gasteiger partial charge in [-0.2, -0.15) is 0 Å². The standard InChI is InChI=1S/C20H31O5P/c1-10-11-25-18(26(22,23-8)24-9)14-12-15(19(2,3)4)17(21)16(13-14)20(5,6)7/h1,12-13,18,21H,11H2,2-9H3. The fraction of sp³-hybridized carbons (Fsp3) is 0.600. The fourth-order valence-electron chi connectivity index (χ4n) is 2.71. The van der Waals surface area contributed by atoms with Crippen LogP contribution >= 0.6 is 7.60 Å². The molecule has 0 bridgehead atoms.